The van der Waals surface area contributed by atoms with Crippen LogP contribution < -0.4 is 16.0 Å². The zero-order valence-corrected chi connectivity index (χ0v) is 13.0. The highest BCUT2D eigenvalue weighted by molar-refractivity contribution is 6.06. The van der Waals surface area contributed by atoms with Gasteiger partial charge in [0.15, 0.2) is 11.5 Å². The number of nitrogens with zero attached hydrogens (tertiary/aromatic N) is 3. The summed E-state index contributed by atoms with van der Waals surface area (Å²) >= 11 is 0. The van der Waals surface area contributed by atoms with Crippen LogP contribution >= 0.6 is 0 Å². The second-order valence-electron chi connectivity index (χ2n) is 5.34. The van der Waals surface area contributed by atoms with Crippen molar-refractivity contribution in [1.29, 1.82) is 0 Å². The molecule has 1 aromatic heterocycles. The summed E-state index contributed by atoms with van der Waals surface area (Å²) in [5, 5.41) is 2.83. The zero-order chi connectivity index (χ0) is 16.2. The van der Waals surface area contributed by atoms with Gasteiger partial charge in [-0.25, -0.2) is 9.97 Å². The van der Waals surface area contributed by atoms with Gasteiger partial charge in [-0.2, -0.15) is 0 Å². The quantitative estimate of drug-likeness (QED) is 0.891. The molecule has 1 aromatic carbocycles. The second-order valence-corrected chi connectivity index (χ2v) is 5.34. The molecular formula is C16H19N5O2. The van der Waals surface area contributed by atoms with Gasteiger partial charge in [0.1, 0.15) is 0 Å². The number of aromatic nitrogens is 2. The predicted molar refractivity (Wildman–Crippen MR) is 88.6 cm³/mol. The van der Waals surface area contributed by atoms with Crippen LogP contribution in [0.3, 0.4) is 0 Å². The standard InChI is InChI=1S/C16H19N5O2/c1-11-10-12(21-6-8-23-9-7-21)2-3-13(11)20-16(22)14-15(17)19-5-4-18-14/h2-5,10H,6-9H2,1H3,(H2,17,19)(H,20,22). The molecule has 0 unspecified atom stereocenters. The molecule has 1 fully saturated rings. The van der Waals surface area contributed by atoms with E-state index in [0.29, 0.717) is 0 Å². The Balaban J connectivity index is 1.76. The normalized spacial score (nSPS) is 14.6. The van der Waals surface area contributed by atoms with Crippen molar-refractivity contribution >= 4 is 23.1 Å². The molecule has 0 bridgehead atoms. The van der Waals surface area contributed by atoms with Gasteiger partial charge in [0.05, 0.1) is 13.2 Å². The molecule has 0 radical (unpaired) electrons. The van der Waals surface area contributed by atoms with Crippen LogP contribution in [0.5, 0.6) is 0 Å². The number of carbonyl (C=O) groups is 1. The molecule has 7 nitrogen and oxygen atoms in total. The van der Waals surface area contributed by atoms with Gasteiger partial charge in [-0.3, -0.25) is 4.79 Å². The van der Waals surface area contributed by atoms with E-state index in [9.17, 15) is 4.79 Å². The number of hydrogen-bond acceptors (Lipinski definition) is 6. The fraction of sp³-hybridized carbons (Fsp3) is 0.312. The van der Waals surface area contributed by atoms with E-state index in [1.54, 1.807) is 0 Å². The maximum atomic E-state index is 12.3. The molecule has 1 amide bonds. The summed E-state index contributed by atoms with van der Waals surface area (Å²) in [6.07, 6.45) is 2.90. The van der Waals surface area contributed by atoms with Crippen LogP contribution in [-0.4, -0.2) is 42.2 Å². The van der Waals surface area contributed by atoms with Crippen molar-refractivity contribution in [3.8, 4) is 0 Å². The molecule has 0 aliphatic carbocycles. The fourth-order valence-electron chi connectivity index (χ4n) is 2.51. The van der Waals surface area contributed by atoms with Crippen LogP contribution in [0.1, 0.15) is 16.1 Å². The number of nitrogen functional groups attached to an aromatic ring is 1. The monoisotopic (exact) mass is 313 g/mol. The lowest BCUT2D eigenvalue weighted by Gasteiger charge is -2.29. The van der Waals surface area contributed by atoms with Gasteiger partial charge in [-0.05, 0) is 30.7 Å². The van der Waals surface area contributed by atoms with Gasteiger partial charge in [0.2, 0.25) is 0 Å². The molecule has 2 heterocycles. The number of anilines is 3. The Bertz CT molecular complexity index is 713. The van der Waals surface area contributed by atoms with Crippen LogP contribution in [0.2, 0.25) is 0 Å². The van der Waals surface area contributed by atoms with Gasteiger partial charge in [0.25, 0.3) is 5.91 Å². The van der Waals surface area contributed by atoms with Crippen molar-refractivity contribution in [2.75, 3.05) is 42.3 Å². The first-order chi connectivity index (χ1) is 11.1. The highest BCUT2D eigenvalue weighted by Gasteiger charge is 2.15. The summed E-state index contributed by atoms with van der Waals surface area (Å²) in [6, 6.07) is 5.94. The first kappa shape index (κ1) is 15.2. The summed E-state index contributed by atoms with van der Waals surface area (Å²) in [4.78, 5) is 22.4. The third-order valence-corrected chi connectivity index (χ3v) is 3.78. The van der Waals surface area contributed by atoms with E-state index in [1.807, 2.05) is 19.1 Å². The number of morpholine rings is 1. The summed E-state index contributed by atoms with van der Waals surface area (Å²) in [5.74, 6) is -0.245. The van der Waals surface area contributed by atoms with Gasteiger partial charge in [-0.1, -0.05) is 0 Å². The number of carbonyl (C=O) groups excluding carboxylic acids is 1. The average Bonchev–Trinajstić information content (AvgIpc) is 2.58. The van der Waals surface area contributed by atoms with E-state index in [-0.39, 0.29) is 17.4 Å². The number of rotatable bonds is 3. The Morgan fingerprint density at radius 1 is 1.26 bits per heavy atom. The molecule has 3 rings (SSSR count). The molecule has 0 saturated carbocycles. The molecular weight excluding hydrogens is 294 g/mol. The molecule has 1 aliphatic heterocycles. The highest BCUT2D eigenvalue weighted by Crippen LogP contribution is 2.24. The molecule has 23 heavy (non-hydrogen) atoms. The van der Waals surface area contributed by atoms with Crippen LogP contribution in [0, 0.1) is 6.92 Å². The number of ether oxygens (including phenoxy) is 1. The number of aryl methyl sites for hydroxylation is 1. The van der Waals surface area contributed by atoms with Crippen molar-refractivity contribution in [2.24, 2.45) is 0 Å². The van der Waals surface area contributed by atoms with Crippen molar-refractivity contribution < 1.29 is 9.53 Å². The third kappa shape index (κ3) is 3.40. The van der Waals surface area contributed by atoms with Gasteiger partial charge in [0, 0.05) is 36.9 Å². The Morgan fingerprint density at radius 2 is 2.00 bits per heavy atom. The molecule has 1 aliphatic rings. The lowest BCUT2D eigenvalue weighted by molar-refractivity contribution is 0.102. The average molecular weight is 313 g/mol. The lowest BCUT2D eigenvalue weighted by atomic mass is 10.1. The van der Waals surface area contributed by atoms with Gasteiger partial charge >= 0.3 is 0 Å². The van der Waals surface area contributed by atoms with E-state index < -0.39 is 0 Å². The van der Waals surface area contributed by atoms with Crippen LogP contribution in [0.4, 0.5) is 17.2 Å². The van der Waals surface area contributed by atoms with Gasteiger partial charge in [-0.15, -0.1) is 0 Å². The van der Waals surface area contributed by atoms with Crippen molar-refractivity contribution in [2.45, 2.75) is 6.92 Å². The van der Waals surface area contributed by atoms with E-state index in [2.05, 4.69) is 26.3 Å². The highest BCUT2D eigenvalue weighted by atomic mass is 16.5. The molecule has 7 heteroatoms. The Labute approximate surface area is 134 Å². The first-order valence-electron chi connectivity index (χ1n) is 7.46. The maximum absolute atomic E-state index is 12.3. The minimum absolute atomic E-state index is 0.118. The minimum Gasteiger partial charge on any atom is -0.382 e. The van der Waals surface area contributed by atoms with Crippen LogP contribution in [-0.2, 0) is 4.74 Å². The van der Waals surface area contributed by atoms with E-state index in [0.717, 1.165) is 43.2 Å². The summed E-state index contributed by atoms with van der Waals surface area (Å²) in [6.45, 7) is 5.19. The topological polar surface area (TPSA) is 93.4 Å². The molecule has 2 aromatic rings. The largest absolute Gasteiger partial charge is 0.382 e. The van der Waals surface area contributed by atoms with Gasteiger partial charge < -0.3 is 20.7 Å². The van der Waals surface area contributed by atoms with Crippen molar-refractivity contribution in [3.05, 3.63) is 41.9 Å². The SMILES string of the molecule is Cc1cc(N2CCOCC2)ccc1NC(=O)c1nccnc1N. The number of nitrogens with two attached hydrogens (primary N) is 1. The molecule has 3 N–H and O–H groups in total. The van der Waals surface area contributed by atoms with Crippen molar-refractivity contribution in [3.63, 3.8) is 0 Å². The number of hydrogen-bond donors (Lipinski definition) is 2. The molecule has 0 spiro atoms. The molecule has 1 saturated heterocycles. The van der Waals surface area contributed by atoms with E-state index in [1.165, 1.54) is 12.4 Å². The number of amides is 1. The maximum Gasteiger partial charge on any atom is 0.278 e. The third-order valence-electron chi connectivity index (χ3n) is 3.78. The number of nitrogens with one attached hydrogen (secondary N) is 1. The summed E-state index contributed by atoms with van der Waals surface area (Å²) in [5.41, 5.74) is 8.65. The van der Waals surface area contributed by atoms with E-state index >= 15 is 0 Å². The Kier molecular flexibility index (Phi) is 4.38. The van der Waals surface area contributed by atoms with Crippen LogP contribution in [0.25, 0.3) is 0 Å². The molecule has 120 valence electrons. The first-order valence-corrected chi connectivity index (χ1v) is 7.46. The second kappa shape index (κ2) is 6.62. The lowest BCUT2D eigenvalue weighted by Crippen LogP contribution is -2.36. The zero-order valence-electron chi connectivity index (χ0n) is 13.0. The molecule has 0 atom stereocenters. The van der Waals surface area contributed by atoms with E-state index in [4.69, 9.17) is 10.5 Å². The van der Waals surface area contributed by atoms with Crippen LogP contribution in [0.15, 0.2) is 30.6 Å². The minimum atomic E-state index is -0.363. The van der Waals surface area contributed by atoms with Crippen molar-refractivity contribution in [1.82, 2.24) is 9.97 Å². The Hall–Kier alpha value is -2.67. The summed E-state index contributed by atoms with van der Waals surface area (Å²) in [7, 11) is 0. The summed E-state index contributed by atoms with van der Waals surface area (Å²) < 4.78 is 5.36. The number of benzene rings is 1. The predicted octanol–water partition coefficient (Wildman–Crippen LogP) is 1.46. The Morgan fingerprint density at radius 3 is 2.70 bits per heavy atom. The smallest absolute Gasteiger partial charge is 0.278 e. The fourth-order valence-corrected chi connectivity index (χ4v) is 2.51.